The van der Waals surface area contributed by atoms with Gasteiger partial charge in [0.25, 0.3) is 0 Å². The van der Waals surface area contributed by atoms with Gasteiger partial charge in [0.05, 0.1) is 18.2 Å². The van der Waals surface area contributed by atoms with Crippen LogP contribution in [-0.2, 0) is 4.74 Å². The first-order valence-corrected chi connectivity index (χ1v) is 9.66. The fourth-order valence-corrected chi connectivity index (χ4v) is 3.50. The summed E-state index contributed by atoms with van der Waals surface area (Å²) in [5, 5.41) is 89.2. The molecule has 1 aromatic heterocycles. The van der Waals surface area contributed by atoms with Crippen LogP contribution in [0.1, 0.15) is 0 Å². The monoisotopic (exact) mass is 465 g/mol. The summed E-state index contributed by atoms with van der Waals surface area (Å²) < 4.78 is 16.7. The first-order chi connectivity index (χ1) is 15.6. The van der Waals surface area contributed by atoms with E-state index in [1.165, 1.54) is 12.1 Å². The molecule has 0 radical (unpaired) electrons. The Kier molecular flexibility index (Phi) is 5.78. The van der Waals surface area contributed by atoms with Crippen molar-refractivity contribution in [3.05, 3.63) is 30.3 Å². The van der Waals surface area contributed by atoms with Gasteiger partial charge in [-0.3, -0.25) is 0 Å². The molecular weight excluding hydrogens is 444 g/mol. The maximum atomic E-state index is 10.3. The minimum atomic E-state index is -1.76. The van der Waals surface area contributed by atoms with Crippen LogP contribution in [0.5, 0.6) is 34.5 Å². The van der Waals surface area contributed by atoms with Crippen LogP contribution in [0.2, 0.25) is 0 Å². The Morgan fingerprint density at radius 1 is 0.818 bits per heavy atom. The molecule has 1 aliphatic rings. The molecule has 5 atom stereocenters. The number of benzene rings is 2. The molecule has 1 saturated heterocycles. The van der Waals surface area contributed by atoms with Gasteiger partial charge in [-0.05, 0) is 0 Å². The zero-order valence-electron chi connectivity index (χ0n) is 16.7. The van der Waals surface area contributed by atoms with Crippen LogP contribution < -0.4 is 4.74 Å². The zero-order chi connectivity index (χ0) is 24.0. The molecule has 12 nitrogen and oxygen atoms in total. The van der Waals surface area contributed by atoms with Crippen LogP contribution >= 0.6 is 0 Å². The fraction of sp³-hybridized carbons (Fsp3) is 0.286. The Balaban J connectivity index is 1.86. The van der Waals surface area contributed by atoms with E-state index in [4.69, 9.17) is 13.9 Å². The lowest BCUT2D eigenvalue weighted by Crippen LogP contribution is -2.60. The van der Waals surface area contributed by atoms with E-state index in [2.05, 4.69) is 0 Å². The van der Waals surface area contributed by atoms with E-state index < -0.39 is 60.3 Å². The SMILES string of the molecule is OC[C@H]1O[C@@H](Oc2cc3c(O)cc(O)cc3[o+]c2-c2cc(O)c(O)c(O)c2)[C@H](O)[C@@H](O)[C@@H]1O. The Hall–Kier alpha value is -3.55. The number of aromatic hydroxyl groups is 5. The van der Waals surface area contributed by atoms with Gasteiger partial charge >= 0.3 is 11.3 Å². The second kappa shape index (κ2) is 8.42. The number of rotatable bonds is 4. The molecule has 33 heavy (non-hydrogen) atoms. The molecule has 3 aromatic rings. The van der Waals surface area contributed by atoms with Crippen molar-refractivity contribution < 1.29 is 59.8 Å². The summed E-state index contributed by atoms with van der Waals surface area (Å²) in [6.45, 7) is -0.695. The van der Waals surface area contributed by atoms with Crippen LogP contribution in [0, 0.1) is 0 Å². The molecule has 0 unspecified atom stereocenters. The number of hydrogen-bond acceptors (Lipinski definition) is 11. The van der Waals surface area contributed by atoms with Gasteiger partial charge in [-0.25, -0.2) is 4.42 Å². The smallest absolute Gasteiger partial charge is 0.402 e. The Bertz CT molecular complexity index is 1170. The average Bonchev–Trinajstić information content (AvgIpc) is 2.77. The van der Waals surface area contributed by atoms with Crippen molar-refractivity contribution in [2.45, 2.75) is 30.7 Å². The second-order valence-electron chi connectivity index (χ2n) is 7.49. The zero-order valence-corrected chi connectivity index (χ0v) is 16.7. The highest BCUT2D eigenvalue weighted by Crippen LogP contribution is 2.44. The van der Waals surface area contributed by atoms with E-state index >= 15 is 0 Å². The molecule has 1 fully saturated rings. The first-order valence-electron chi connectivity index (χ1n) is 9.66. The van der Waals surface area contributed by atoms with Gasteiger partial charge in [0, 0.05) is 24.3 Å². The molecule has 1 aliphatic heterocycles. The van der Waals surface area contributed by atoms with Crippen LogP contribution in [0.3, 0.4) is 0 Å². The van der Waals surface area contributed by atoms with Crippen molar-refractivity contribution in [1.82, 2.24) is 0 Å². The summed E-state index contributed by atoms with van der Waals surface area (Å²) in [5.74, 6) is -3.32. The Morgan fingerprint density at radius 2 is 1.48 bits per heavy atom. The lowest BCUT2D eigenvalue weighted by Gasteiger charge is -2.39. The van der Waals surface area contributed by atoms with Crippen LogP contribution in [0.15, 0.2) is 34.7 Å². The summed E-state index contributed by atoms with van der Waals surface area (Å²) >= 11 is 0. The van der Waals surface area contributed by atoms with E-state index in [9.17, 15) is 46.0 Å². The number of phenols is 5. The number of ether oxygens (including phenoxy) is 2. The maximum Gasteiger partial charge on any atom is 0.402 e. The number of hydrogen-bond donors (Lipinski definition) is 9. The maximum absolute atomic E-state index is 10.3. The van der Waals surface area contributed by atoms with E-state index in [1.54, 1.807) is 0 Å². The summed E-state index contributed by atoms with van der Waals surface area (Å²) in [7, 11) is 0. The largest absolute Gasteiger partial charge is 0.507 e. The number of aliphatic hydroxyl groups excluding tert-OH is 4. The molecule has 0 spiro atoms. The average molecular weight is 465 g/mol. The van der Waals surface area contributed by atoms with Gasteiger partial charge in [-0.15, -0.1) is 0 Å². The van der Waals surface area contributed by atoms with Gasteiger partial charge in [-0.2, -0.15) is 0 Å². The third-order valence-corrected chi connectivity index (χ3v) is 5.24. The molecule has 9 N–H and O–H groups in total. The molecule has 176 valence electrons. The van der Waals surface area contributed by atoms with E-state index in [0.717, 1.165) is 18.2 Å². The molecule has 0 aliphatic carbocycles. The standard InChI is InChI=1S/C21H20O12/c22-6-15-17(28)18(29)19(30)21(33-15)32-14-5-9-10(24)3-8(23)4-13(9)31-20(14)7-1-11(25)16(27)12(26)2-7/h1-5,15,17-19,21-22,28-30H,6H2,(H4-,23,24,25,26,27)/p+1/t15-,17-,18+,19-,21-/m1/s1. The third kappa shape index (κ3) is 4.01. The van der Waals surface area contributed by atoms with Crippen molar-refractivity contribution in [1.29, 1.82) is 0 Å². The predicted octanol–water partition coefficient (Wildman–Crippen LogP) is 0.0876. The molecule has 12 heteroatoms. The van der Waals surface area contributed by atoms with Crippen molar-refractivity contribution in [3.63, 3.8) is 0 Å². The highest BCUT2D eigenvalue weighted by Gasteiger charge is 2.45. The van der Waals surface area contributed by atoms with Crippen LogP contribution in [0.4, 0.5) is 0 Å². The summed E-state index contributed by atoms with van der Waals surface area (Å²) in [6.07, 6.45) is -7.99. The molecule has 2 heterocycles. The molecule has 2 aromatic carbocycles. The third-order valence-electron chi connectivity index (χ3n) is 5.24. The Morgan fingerprint density at radius 3 is 2.12 bits per heavy atom. The van der Waals surface area contributed by atoms with Gasteiger partial charge in [0.1, 0.15) is 41.3 Å². The highest BCUT2D eigenvalue weighted by atomic mass is 16.7. The lowest BCUT2D eigenvalue weighted by molar-refractivity contribution is -0.277. The fourth-order valence-electron chi connectivity index (χ4n) is 3.50. The summed E-state index contributed by atoms with van der Waals surface area (Å²) in [6, 6.07) is 5.51. The van der Waals surface area contributed by atoms with E-state index in [1.807, 2.05) is 0 Å². The van der Waals surface area contributed by atoms with Gasteiger partial charge in [0.15, 0.2) is 17.2 Å². The summed E-state index contributed by atoms with van der Waals surface area (Å²) in [5.41, 5.74) is -0.0529. The van der Waals surface area contributed by atoms with Crippen molar-refractivity contribution >= 4 is 11.0 Å². The molecule has 0 bridgehead atoms. The highest BCUT2D eigenvalue weighted by molar-refractivity contribution is 5.88. The van der Waals surface area contributed by atoms with Crippen molar-refractivity contribution in [2.75, 3.05) is 6.61 Å². The predicted molar refractivity (Wildman–Crippen MR) is 109 cm³/mol. The normalized spacial score (nSPS) is 25.3. The van der Waals surface area contributed by atoms with Gasteiger partial charge in [0.2, 0.25) is 12.0 Å². The van der Waals surface area contributed by atoms with E-state index in [-0.39, 0.29) is 33.8 Å². The molecule has 0 saturated carbocycles. The van der Waals surface area contributed by atoms with Gasteiger partial charge < -0.3 is 55.4 Å². The lowest BCUT2D eigenvalue weighted by atomic mass is 9.99. The van der Waals surface area contributed by atoms with Gasteiger partial charge in [-0.1, -0.05) is 0 Å². The first kappa shape index (κ1) is 22.6. The van der Waals surface area contributed by atoms with Crippen LogP contribution in [-0.4, -0.2) is 83.3 Å². The molecule has 4 rings (SSSR count). The van der Waals surface area contributed by atoms with Crippen molar-refractivity contribution in [3.8, 4) is 45.8 Å². The quantitative estimate of drug-likeness (QED) is 0.185. The Labute approximate surface area is 185 Å². The number of phenolic OH excluding ortho intramolecular Hbond substituents is 5. The number of fused-ring (bicyclic) bond motifs is 1. The summed E-state index contributed by atoms with van der Waals surface area (Å²) in [4.78, 5) is 0. The minimum Gasteiger partial charge on any atom is -0.507 e. The van der Waals surface area contributed by atoms with Crippen LogP contribution in [0.25, 0.3) is 22.3 Å². The minimum absolute atomic E-state index is 0.0212. The molecular formula is C21H21O12+. The molecule has 0 amide bonds. The second-order valence-corrected chi connectivity index (χ2v) is 7.49. The number of aliphatic hydroxyl groups is 4. The van der Waals surface area contributed by atoms with Crippen molar-refractivity contribution in [2.24, 2.45) is 0 Å². The topological polar surface area (TPSA) is 212 Å². The van der Waals surface area contributed by atoms with E-state index in [0.29, 0.717) is 0 Å².